The Bertz CT molecular complexity index is 2040. The van der Waals surface area contributed by atoms with E-state index < -0.39 is 0 Å². The van der Waals surface area contributed by atoms with Gasteiger partial charge in [0.25, 0.3) is 0 Å². The first kappa shape index (κ1) is 81.4. The number of aliphatic hydroxyl groups excluding tert-OH is 1. The van der Waals surface area contributed by atoms with Crippen molar-refractivity contribution in [3.63, 3.8) is 0 Å². The molecule has 0 aromatic heterocycles. The molecule has 0 amide bonds. The van der Waals surface area contributed by atoms with E-state index in [0.717, 1.165) is 115 Å². The lowest BCUT2D eigenvalue weighted by Crippen LogP contribution is -2.17. The Morgan fingerprint density at radius 1 is 0.460 bits per heavy atom. The maximum absolute atomic E-state index is 11.6. The van der Waals surface area contributed by atoms with E-state index in [4.69, 9.17) is 9.47 Å². The summed E-state index contributed by atoms with van der Waals surface area (Å²) in [6.45, 7) is 29.7. The van der Waals surface area contributed by atoms with Crippen LogP contribution < -0.4 is 0 Å². The van der Waals surface area contributed by atoms with Gasteiger partial charge in [0.2, 0.25) is 0 Å². The molecule has 500 valence electrons. The second kappa shape index (κ2) is 53.1. The minimum absolute atomic E-state index is 0.000910. The van der Waals surface area contributed by atoms with Gasteiger partial charge in [0, 0.05) is 43.9 Å². The van der Waals surface area contributed by atoms with Gasteiger partial charge in [-0.1, -0.05) is 200 Å². The van der Waals surface area contributed by atoms with Crippen LogP contribution in [0.5, 0.6) is 0 Å². The van der Waals surface area contributed by atoms with Gasteiger partial charge in [-0.25, -0.2) is 0 Å². The maximum atomic E-state index is 11.6. The summed E-state index contributed by atoms with van der Waals surface area (Å²) in [5.74, 6) is 3.50. The minimum Gasteiger partial charge on any atom is -0.495 e. The van der Waals surface area contributed by atoms with Crippen molar-refractivity contribution in [2.45, 2.75) is 377 Å². The molecule has 5 fully saturated rings. The van der Waals surface area contributed by atoms with Crippen LogP contribution in [-0.2, 0) is 28.7 Å². The lowest BCUT2D eigenvalue weighted by atomic mass is 9.87. The Morgan fingerprint density at radius 2 is 0.920 bits per heavy atom. The third-order valence-electron chi connectivity index (χ3n) is 18.5. The van der Waals surface area contributed by atoms with E-state index in [1.807, 2.05) is 0 Å². The van der Waals surface area contributed by atoms with Crippen LogP contribution in [0.25, 0.3) is 0 Å². The summed E-state index contributed by atoms with van der Waals surface area (Å²) in [4.78, 5) is 45.1. The normalized spacial score (nSPS) is 22.1. The largest absolute Gasteiger partial charge is 0.495 e. The average molecular weight is 1210 g/mol. The van der Waals surface area contributed by atoms with Crippen LogP contribution in [0.1, 0.15) is 359 Å². The number of ketones is 3. The predicted molar refractivity (Wildman–Crippen MR) is 374 cm³/mol. The molecule has 5 rings (SSSR count). The van der Waals surface area contributed by atoms with Gasteiger partial charge in [-0.05, 0) is 215 Å². The summed E-state index contributed by atoms with van der Waals surface area (Å²) in [7, 11) is 0. The summed E-state index contributed by atoms with van der Waals surface area (Å²) in [5.41, 5.74) is 8.72. The molecule has 2 heterocycles. The summed E-state index contributed by atoms with van der Waals surface area (Å²) in [5, 5.41) is 9.83. The zero-order valence-corrected chi connectivity index (χ0v) is 59.0. The highest BCUT2D eigenvalue weighted by atomic mass is 16.5. The van der Waals surface area contributed by atoms with E-state index in [2.05, 4.69) is 119 Å². The number of esters is 1. The number of rotatable bonds is 38. The molecule has 2 saturated heterocycles. The number of ether oxygens (including phenoxy) is 2. The van der Waals surface area contributed by atoms with E-state index in [0.29, 0.717) is 54.7 Å². The van der Waals surface area contributed by atoms with Crippen molar-refractivity contribution >= 4 is 23.3 Å². The first-order chi connectivity index (χ1) is 41.8. The van der Waals surface area contributed by atoms with Gasteiger partial charge in [-0.3, -0.25) is 14.4 Å². The van der Waals surface area contributed by atoms with Crippen molar-refractivity contribution in [3.8, 4) is 0 Å². The number of unbranched alkanes of at least 4 members (excludes halogenated alkanes) is 14. The van der Waals surface area contributed by atoms with Crippen molar-refractivity contribution in [3.05, 3.63) is 82.2 Å². The standard InChI is InChI=1S/C20H34O.C20H32O.C15H28O.C13H22O2.C12H22O2/c2*1-16(2)8-5-9-17(3)10-6-11-18(4)14-15-19-12-7-13-20(19)21;1-3-4-5-6-7-8-9-10-11-15-13-12-14(2)16-15;1-3-4-5-6-12-11(9-10(2)14)7-8-13(12)15;1-2-3-4-5-6-7-8-11-9-10-12(13)14-11/h8,10,14,19-21H,5-7,9,11-13,15H2,1-4H3;8,10,14,19H,5-7,9,11-13,15H2,1-4H3;15H,2-13H2,1H3;11-12H,3-9H2,1-2H3;11H,2-10H2,1H3/b2*17-10+,18-14+;;;. The third kappa shape index (κ3) is 45.3. The number of hydrogen-bond donors (Lipinski definition) is 1. The number of aliphatic hydroxyl groups is 1. The Labute approximate surface area is 537 Å². The van der Waals surface area contributed by atoms with Gasteiger partial charge in [0.05, 0.1) is 18.0 Å². The molecule has 5 aliphatic rings. The van der Waals surface area contributed by atoms with Crippen LogP contribution in [0.4, 0.5) is 0 Å². The second-order valence-electron chi connectivity index (χ2n) is 27.8. The fraction of sp³-hybridized carbons (Fsp3) is 0.775. The molecule has 87 heavy (non-hydrogen) atoms. The highest BCUT2D eigenvalue weighted by molar-refractivity contribution is 5.85. The fourth-order valence-electron chi connectivity index (χ4n) is 12.7. The Hall–Kier alpha value is -3.58. The van der Waals surface area contributed by atoms with Crippen LogP contribution in [0.3, 0.4) is 0 Å². The highest BCUT2D eigenvalue weighted by Crippen LogP contribution is 2.35. The van der Waals surface area contributed by atoms with Crippen LogP contribution >= 0.6 is 0 Å². The van der Waals surface area contributed by atoms with Gasteiger partial charge < -0.3 is 19.4 Å². The number of hydrogen-bond acceptors (Lipinski definition) is 7. The molecule has 0 aromatic carbocycles. The number of Topliss-reactive ketones (excluding diaryl/α,β-unsaturated/α-hetero) is 3. The Morgan fingerprint density at radius 3 is 1.36 bits per heavy atom. The minimum atomic E-state index is -0.0498. The molecular weight excluding hydrogens is 1070 g/mol. The van der Waals surface area contributed by atoms with E-state index in [1.165, 1.54) is 181 Å². The monoisotopic (exact) mass is 1210 g/mol. The average Bonchev–Trinajstić information content (AvgIpc) is 3.97. The Balaban J connectivity index is 0.000000549. The molecule has 1 N–H and O–H groups in total. The van der Waals surface area contributed by atoms with Gasteiger partial charge in [-0.15, -0.1) is 0 Å². The lowest BCUT2D eigenvalue weighted by Gasteiger charge is -2.16. The lowest BCUT2D eigenvalue weighted by molar-refractivity contribution is -0.141. The number of cyclic esters (lactones) is 1. The van der Waals surface area contributed by atoms with E-state index in [1.54, 1.807) is 6.92 Å². The zero-order valence-electron chi connectivity index (χ0n) is 59.0. The molecule has 3 saturated carbocycles. The van der Waals surface area contributed by atoms with Crippen molar-refractivity contribution in [1.29, 1.82) is 0 Å². The molecule has 0 radical (unpaired) electrons. The van der Waals surface area contributed by atoms with Crippen molar-refractivity contribution in [2.24, 2.45) is 23.7 Å². The molecule has 7 heteroatoms. The van der Waals surface area contributed by atoms with E-state index >= 15 is 0 Å². The SMILES string of the molecule is C=C1CCC(CCCCCCCCCC)O1.CC(C)=CCC/C(C)=C/CC/C(C)=C/CC1CCCC1=O.CC(C)=CCC/C(C)=C/CC/C(C)=C/CC1CCCC1O.CCCCCC1C(=O)CCC1CC(C)=O.CCCCCCCCC1CCC(=O)O1. The summed E-state index contributed by atoms with van der Waals surface area (Å²) >= 11 is 0. The van der Waals surface area contributed by atoms with Crippen LogP contribution in [-0.4, -0.2) is 46.7 Å². The second-order valence-corrected chi connectivity index (χ2v) is 27.8. The number of carbonyl (C=O) groups excluding carboxylic acids is 4. The summed E-state index contributed by atoms with van der Waals surface area (Å²) < 4.78 is 10.8. The maximum Gasteiger partial charge on any atom is 0.306 e. The molecule has 7 atom stereocenters. The van der Waals surface area contributed by atoms with Crippen molar-refractivity contribution in [1.82, 2.24) is 0 Å². The third-order valence-corrected chi connectivity index (χ3v) is 18.5. The first-order valence-electron chi connectivity index (χ1n) is 36.4. The Kier molecular flexibility index (Phi) is 49.7. The molecule has 7 nitrogen and oxygen atoms in total. The van der Waals surface area contributed by atoms with Gasteiger partial charge in [0.15, 0.2) is 0 Å². The van der Waals surface area contributed by atoms with Gasteiger partial charge in [0.1, 0.15) is 23.5 Å². The van der Waals surface area contributed by atoms with Crippen molar-refractivity contribution < 1.29 is 33.8 Å². The topological polar surface area (TPSA) is 107 Å². The molecule has 0 spiro atoms. The smallest absolute Gasteiger partial charge is 0.306 e. The number of allylic oxidation sites excluding steroid dienone is 13. The van der Waals surface area contributed by atoms with Crippen LogP contribution in [0.2, 0.25) is 0 Å². The van der Waals surface area contributed by atoms with Crippen LogP contribution in [0, 0.1) is 23.7 Å². The molecule has 2 aliphatic heterocycles. The van der Waals surface area contributed by atoms with E-state index in [9.17, 15) is 24.3 Å². The highest BCUT2D eigenvalue weighted by Gasteiger charge is 2.34. The molecule has 7 unspecified atom stereocenters. The summed E-state index contributed by atoms with van der Waals surface area (Å²) in [6, 6.07) is 0. The molecule has 0 bridgehead atoms. The van der Waals surface area contributed by atoms with Crippen molar-refractivity contribution in [2.75, 3.05) is 0 Å². The zero-order chi connectivity index (χ0) is 64.5. The molecule has 3 aliphatic carbocycles. The molecule has 0 aromatic rings. The quantitative estimate of drug-likeness (QED) is 0.0373. The number of carbonyl (C=O) groups is 4. The first-order valence-corrected chi connectivity index (χ1v) is 36.4. The van der Waals surface area contributed by atoms with Crippen LogP contribution in [0.15, 0.2) is 82.2 Å². The summed E-state index contributed by atoms with van der Waals surface area (Å²) in [6.07, 6.45) is 64.5. The van der Waals surface area contributed by atoms with Gasteiger partial charge in [-0.2, -0.15) is 0 Å². The predicted octanol–water partition coefficient (Wildman–Crippen LogP) is 23.9. The fourth-order valence-corrected chi connectivity index (χ4v) is 12.7. The molecular formula is C80H138O7. The van der Waals surface area contributed by atoms with E-state index in [-0.39, 0.29) is 29.9 Å². The van der Waals surface area contributed by atoms with Gasteiger partial charge >= 0.3 is 5.97 Å².